The van der Waals surface area contributed by atoms with Crippen molar-refractivity contribution in [3.63, 3.8) is 0 Å². The van der Waals surface area contributed by atoms with Gasteiger partial charge in [-0.05, 0) is 0 Å². The predicted molar refractivity (Wildman–Crippen MR) is 84.4 cm³/mol. The van der Waals surface area contributed by atoms with Crippen LogP contribution < -0.4 is 24.8 Å². The summed E-state index contributed by atoms with van der Waals surface area (Å²) in [6.07, 6.45) is 8.10. The Balaban J connectivity index is 0. The van der Waals surface area contributed by atoms with Gasteiger partial charge < -0.3 is 24.8 Å². The third-order valence-electron chi connectivity index (χ3n) is 3.68. The minimum Gasteiger partial charge on any atom is -1.00 e. The summed E-state index contributed by atoms with van der Waals surface area (Å²) < 4.78 is 2.98. The standard InChI is InChI=1S/C11H20NSi.4CH3.2ClH.Ti/c1-11(2,3)12-13(4,5)10-8-6-7-9-10;;;;;;;/h6-8H,9H2,1-5H3;4*1H3;2*1H;/q-1;;;;;;;+3/p-2. The van der Waals surface area contributed by atoms with E-state index in [1.54, 1.807) is 5.20 Å². The molecule has 0 unspecified atom stereocenters. The van der Waals surface area contributed by atoms with Crippen LogP contribution in [0.3, 0.4) is 0 Å². The molecule has 0 saturated heterocycles. The Morgan fingerprint density at radius 2 is 1.50 bits per heavy atom. The number of hydrogen-bond donors (Lipinski definition) is 0. The van der Waals surface area contributed by atoms with E-state index in [9.17, 15) is 0 Å². The molecule has 0 atom stereocenters. The molecule has 1 aliphatic rings. The molecule has 0 aromatic heterocycles. The smallest absolute Gasteiger partial charge is 1.00 e. The first-order valence-electron chi connectivity index (χ1n) is 7.14. The summed E-state index contributed by atoms with van der Waals surface area (Å²) in [7, 11) is -1.53. The van der Waals surface area contributed by atoms with E-state index >= 15 is 0 Å². The van der Waals surface area contributed by atoms with Gasteiger partial charge in [0.2, 0.25) is 0 Å². The molecule has 0 heterocycles. The Labute approximate surface area is 141 Å². The zero-order chi connectivity index (χ0) is 14.4. The Morgan fingerprint density at radius 3 is 1.75 bits per heavy atom. The van der Waals surface area contributed by atoms with Crippen molar-refractivity contribution in [2.75, 3.05) is 0 Å². The summed E-state index contributed by atoms with van der Waals surface area (Å²) in [4.78, 5) is 0. The van der Waals surface area contributed by atoms with Gasteiger partial charge in [-0.1, -0.05) is 0 Å². The van der Waals surface area contributed by atoms with Crippen LogP contribution in [0.4, 0.5) is 0 Å². The predicted octanol–water partition coefficient (Wildman–Crippen LogP) is -0.477. The van der Waals surface area contributed by atoms with Crippen LogP contribution in [0.1, 0.15) is 27.2 Å². The molecule has 1 nitrogen and oxygen atoms in total. The van der Waals surface area contributed by atoms with Crippen LogP contribution in [-0.2, 0) is 15.6 Å². The summed E-state index contributed by atoms with van der Waals surface area (Å²) in [6, 6.07) is 0. The first-order chi connectivity index (χ1) is 7.73. The van der Waals surface area contributed by atoms with Crippen LogP contribution in [0.2, 0.25) is 34.0 Å². The van der Waals surface area contributed by atoms with Crippen molar-refractivity contribution in [2.24, 2.45) is 0 Å². The molecule has 0 fully saturated rings. The molecule has 119 valence electrons. The van der Waals surface area contributed by atoms with Crippen LogP contribution in [0.25, 0.3) is 0 Å². The normalized spacial score (nSPS) is 16.6. The first kappa shape index (κ1) is 23.2. The molecule has 0 aromatic rings. The molecule has 1 aliphatic carbocycles. The fourth-order valence-corrected chi connectivity index (χ4v) is 25.0. The van der Waals surface area contributed by atoms with Gasteiger partial charge in [0.05, 0.1) is 0 Å². The number of rotatable bonds is 3. The summed E-state index contributed by atoms with van der Waals surface area (Å²) in [6.45, 7) is 12.3. The number of halogens is 2. The van der Waals surface area contributed by atoms with Crippen molar-refractivity contribution in [1.82, 2.24) is 3.05 Å². The summed E-state index contributed by atoms with van der Waals surface area (Å²) >= 11 is -2.50. The van der Waals surface area contributed by atoms with Crippen molar-refractivity contribution in [3.05, 3.63) is 23.4 Å². The number of nitrogens with zero attached hydrogens (tertiary/aromatic N) is 1. The van der Waals surface area contributed by atoms with Crippen LogP contribution in [0.15, 0.2) is 23.4 Å². The van der Waals surface area contributed by atoms with E-state index in [-0.39, 0.29) is 30.4 Å². The van der Waals surface area contributed by atoms with Crippen LogP contribution in [0, 0.1) is 0 Å². The zero-order valence-electron chi connectivity index (χ0n) is 14.6. The zero-order valence-corrected chi connectivity index (χ0v) is 18.7. The second-order valence-corrected chi connectivity index (χ2v) is 27.1. The van der Waals surface area contributed by atoms with E-state index in [1.807, 2.05) is 0 Å². The van der Waals surface area contributed by atoms with E-state index in [1.165, 1.54) is 6.42 Å². The molecule has 1 rings (SSSR count). The molecule has 20 heavy (non-hydrogen) atoms. The summed E-state index contributed by atoms with van der Waals surface area (Å²) in [5.74, 6) is 0. The van der Waals surface area contributed by atoms with Crippen molar-refractivity contribution < 1.29 is 40.4 Å². The topological polar surface area (TPSA) is 3.24 Å². The molecule has 0 spiro atoms. The third kappa shape index (κ3) is 5.30. The minimum atomic E-state index is -2.50. The van der Waals surface area contributed by atoms with Gasteiger partial charge in [0.15, 0.2) is 0 Å². The van der Waals surface area contributed by atoms with Gasteiger partial charge in [0.25, 0.3) is 0 Å². The monoisotopic (exact) mass is 372 g/mol. The summed E-state index contributed by atoms with van der Waals surface area (Å²) in [5.41, 5.74) is 0.267. The maximum absolute atomic E-state index is 2.98. The average molecular weight is 373 g/mol. The van der Waals surface area contributed by atoms with Gasteiger partial charge in [-0.3, -0.25) is 0 Å². The van der Waals surface area contributed by atoms with Crippen molar-refractivity contribution in [1.29, 1.82) is 0 Å². The van der Waals surface area contributed by atoms with Crippen molar-refractivity contribution in [2.45, 2.75) is 66.7 Å². The Kier molecular flexibility index (Phi) is 7.66. The van der Waals surface area contributed by atoms with E-state index in [0.717, 1.165) is 0 Å². The van der Waals surface area contributed by atoms with Crippen LogP contribution in [-0.4, -0.2) is 16.8 Å². The Morgan fingerprint density at radius 1 is 1.05 bits per heavy atom. The van der Waals surface area contributed by atoms with Crippen molar-refractivity contribution >= 4 is 8.24 Å². The first-order valence-corrected chi connectivity index (χ1v) is 17.0. The van der Waals surface area contributed by atoms with Gasteiger partial charge in [-0.25, -0.2) is 0 Å². The maximum atomic E-state index is 2.98. The molecule has 0 radical (unpaired) electrons. The third-order valence-corrected chi connectivity index (χ3v) is 17.6. The minimum absolute atomic E-state index is 0. The largest absolute Gasteiger partial charge is 1.00 e. The molecule has 0 saturated carbocycles. The number of hydrogen-bond acceptors (Lipinski definition) is 1. The SMILES string of the molecule is CC(C)(C)[N]([Si](C)(C)C1=CC=CC1)[Ti+2]([CH3])([CH3])([CH3])[CH3].[Cl-].[Cl-]. The fourth-order valence-electron chi connectivity index (χ4n) is 4.34. The van der Waals surface area contributed by atoms with Gasteiger partial charge in [-0.15, -0.1) is 0 Å². The average Bonchev–Trinajstić information content (AvgIpc) is 2.44. The second-order valence-electron chi connectivity index (χ2n) is 9.28. The Hall–Kier alpha value is 0.951. The molecule has 0 amide bonds. The van der Waals surface area contributed by atoms with Crippen LogP contribution in [0.5, 0.6) is 0 Å². The maximum Gasteiger partial charge on any atom is -1.00 e. The second kappa shape index (κ2) is 6.60. The quantitative estimate of drug-likeness (QED) is 0.605. The van der Waals surface area contributed by atoms with Crippen molar-refractivity contribution in [3.8, 4) is 0 Å². The van der Waals surface area contributed by atoms with E-state index in [0.29, 0.717) is 0 Å². The molecule has 0 aliphatic heterocycles. The van der Waals surface area contributed by atoms with E-state index in [2.05, 4.69) is 76.1 Å². The van der Waals surface area contributed by atoms with E-state index in [4.69, 9.17) is 0 Å². The van der Waals surface area contributed by atoms with Gasteiger partial charge in [0.1, 0.15) is 0 Å². The number of allylic oxidation sites excluding steroid dienone is 4. The molecule has 0 aromatic carbocycles. The van der Waals surface area contributed by atoms with Crippen LogP contribution >= 0.6 is 0 Å². The fraction of sp³-hybridized carbons (Fsp3) is 0.733. The van der Waals surface area contributed by atoms with Gasteiger partial charge in [0, 0.05) is 0 Å². The van der Waals surface area contributed by atoms with E-state index < -0.39 is 23.8 Å². The molecule has 0 bridgehead atoms. The summed E-state index contributed by atoms with van der Waals surface area (Å²) in [5, 5.41) is 11.9. The molecule has 5 heteroatoms. The molecular formula is C15H32Cl2NSiTi. The molecular weight excluding hydrogens is 341 g/mol. The molecule has 0 N–H and O–H groups in total. The van der Waals surface area contributed by atoms with Gasteiger partial charge in [-0.2, -0.15) is 0 Å². The Bertz CT molecular complexity index is 391. The van der Waals surface area contributed by atoms with Gasteiger partial charge >= 0.3 is 117 Å².